The summed E-state index contributed by atoms with van der Waals surface area (Å²) in [5.41, 5.74) is 1.94. The minimum atomic E-state index is -0.203. The molecular formula is C19H27BrN4O2. The smallest absolute Gasteiger partial charge is 0.241 e. The molecule has 2 N–H and O–H groups in total. The van der Waals surface area contributed by atoms with Gasteiger partial charge >= 0.3 is 0 Å². The number of nitrogens with zero attached hydrogens (tertiary/aromatic N) is 2. The number of benzene rings is 1. The fraction of sp³-hybridized carbons (Fsp3) is 0.579. The highest BCUT2D eigenvalue weighted by atomic mass is 79.9. The average Bonchev–Trinajstić information content (AvgIpc) is 3.41. The van der Waals surface area contributed by atoms with Gasteiger partial charge in [0.25, 0.3) is 0 Å². The van der Waals surface area contributed by atoms with Crippen molar-refractivity contribution in [3.8, 4) is 0 Å². The van der Waals surface area contributed by atoms with Gasteiger partial charge in [-0.15, -0.1) is 0 Å². The van der Waals surface area contributed by atoms with Gasteiger partial charge in [-0.2, -0.15) is 0 Å². The molecule has 2 amide bonds. The normalized spacial score (nSPS) is 19.8. The van der Waals surface area contributed by atoms with E-state index in [-0.39, 0.29) is 17.9 Å². The van der Waals surface area contributed by atoms with Crippen LogP contribution in [0.15, 0.2) is 22.7 Å². The summed E-state index contributed by atoms with van der Waals surface area (Å²) < 4.78 is 0.893. The lowest BCUT2D eigenvalue weighted by Crippen LogP contribution is -2.54. The van der Waals surface area contributed by atoms with Crippen molar-refractivity contribution in [1.29, 1.82) is 0 Å². The maximum absolute atomic E-state index is 12.6. The van der Waals surface area contributed by atoms with Crippen molar-refractivity contribution in [3.63, 3.8) is 0 Å². The zero-order valence-electron chi connectivity index (χ0n) is 15.4. The number of hydrogen-bond donors (Lipinski definition) is 2. The first-order chi connectivity index (χ1) is 12.4. The predicted octanol–water partition coefficient (Wildman–Crippen LogP) is 1.98. The SMILES string of the molecule is Cc1ccc(NC(=O)[C@@H](C)N2CCN(CC(=O)NC3CC3)CC2)c(Br)c1. The van der Waals surface area contributed by atoms with Crippen LogP contribution in [0.1, 0.15) is 25.3 Å². The molecule has 142 valence electrons. The molecule has 1 heterocycles. The Kier molecular flexibility index (Phi) is 6.32. The molecule has 1 aromatic rings. The molecular weight excluding hydrogens is 396 g/mol. The first kappa shape index (κ1) is 19.3. The van der Waals surface area contributed by atoms with E-state index in [1.54, 1.807) is 0 Å². The molecule has 0 unspecified atom stereocenters. The van der Waals surface area contributed by atoms with Gasteiger partial charge in [-0.3, -0.25) is 19.4 Å². The van der Waals surface area contributed by atoms with Crippen molar-refractivity contribution < 1.29 is 9.59 Å². The summed E-state index contributed by atoms with van der Waals surface area (Å²) in [5.74, 6) is 0.116. The van der Waals surface area contributed by atoms with E-state index in [2.05, 4.69) is 36.4 Å². The molecule has 1 saturated carbocycles. The van der Waals surface area contributed by atoms with E-state index in [1.807, 2.05) is 32.0 Å². The number of nitrogens with one attached hydrogen (secondary N) is 2. The van der Waals surface area contributed by atoms with E-state index in [4.69, 9.17) is 0 Å². The molecule has 6 nitrogen and oxygen atoms in total. The Hall–Kier alpha value is -1.44. The van der Waals surface area contributed by atoms with E-state index < -0.39 is 0 Å². The molecule has 1 atom stereocenters. The third-order valence-electron chi connectivity index (χ3n) is 5.03. The highest BCUT2D eigenvalue weighted by Crippen LogP contribution is 2.24. The quantitative estimate of drug-likeness (QED) is 0.735. The molecule has 0 radical (unpaired) electrons. The van der Waals surface area contributed by atoms with Gasteiger partial charge in [0.2, 0.25) is 11.8 Å². The fourth-order valence-corrected chi connectivity index (χ4v) is 3.73. The Bertz CT molecular complexity index is 670. The lowest BCUT2D eigenvalue weighted by atomic mass is 10.2. The number of carbonyl (C=O) groups excluding carboxylic acids is 2. The summed E-state index contributed by atoms with van der Waals surface area (Å²) in [5, 5.41) is 6.03. The van der Waals surface area contributed by atoms with Gasteiger partial charge < -0.3 is 10.6 Å². The summed E-state index contributed by atoms with van der Waals surface area (Å²) in [6.45, 7) is 7.62. The van der Waals surface area contributed by atoms with Crippen LogP contribution in [-0.2, 0) is 9.59 Å². The van der Waals surface area contributed by atoms with Crippen molar-refractivity contribution in [2.24, 2.45) is 0 Å². The van der Waals surface area contributed by atoms with Crippen LogP contribution in [0.5, 0.6) is 0 Å². The second-order valence-electron chi connectivity index (χ2n) is 7.30. The van der Waals surface area contributed by atoms with Crippen molar-refractivity contribution in [2.75, 3.05) is 38.0 Å². The highest BCUT2D eigenvalue weighted by Gasteiger charge is 2.28. The lowest BCUT2D eigenvalue weighted by molar-refractivity contribution is -0.124. The molecule has 1 aliphatic heterocycles. The first-order valence-electron chi connectivity index (χ1n) is 9.25. The van der Waals surface area contributed by atoms with Crippen molar-refractivity contribution in [3.05, 3.63) is 28.2 Å². The van der Waals surface area contributed by atoms with E-state index in [0.717, 1.165) is 54.7 Å². The fourth-order valence-electron chi connectivity index (χ4n) is 3.14. The number of halogens is 1. The number of anilines is 1. The van der Waals surface area contributed by atoms with Crippen LogP contribution in [0.4, 0.5) is 5.69 Å². The van der Waals surface area contributed by atoms with E-state index in [9.17, 15) is 9.59 Å². The molecule has 0 aromatic heterocycles. The lowest BCUT2D eigenvalue weighted by Gasteiger charge is -2.37. The highest BCUT2D eigenvalue weighted by molar-refractivity contribution is 9.10. The Morgan fingerprint density at radius 3 is 2.54 bits per heavy atom. The van der Waals surface area contributed by atoms with Crippen LogP contribution in [0, 0.1) is 6.92 Å². The third-order valence-corrected chi connectivity index (χ3v) is 5.68. The van der Waals surface area contributed by atoms with Gasteiger partial charge in [0, 0.05) is 36.7 Å². The van der Waals surface area contributed by atoms with Crippen LogP contribution in [-0.4, -0.2) is 66.4 Å². The Balaban J connectivity index is 1.45. The van der Waals surface area contributed by atoms with Gasteiger partial charge in [0.05, 0.1) is 18.3 Å². The molecule has 1 aliphatic carbocycles. The standard InChI is InChI=1S/C19H27BrN4O2/c1-13-3-6-17(16(20)11-13)22-19(26)14(2)24-9-7-23(8-10-24)12-18(25)21-15-4-5-15/h3,6,11,14-15H,4-5,7-10,12H2,1-2H3,(H,21,25)(H,22,26)/t14-/m1/s1. The molecule has 2 aliphatic rings. The van der Waals surface area contributed by atoms with Crippen molar-refractivity contribution in [1.82, 2.24) is 15.1 Å². The molecule has 2 fully saturated rings. The number of piperazine rings is 1. The maximum atomic E-state index is 12.6. The second-order valence-corrected chi connectivity index (χ2v) is 8.16. The van der Waals surface area contributed by atoms with Crippen LogP contribution in [0.25, 0.3) is 0 Å². The molecule has 3 rings (SSSR count). The Labute approximate surface area is 163 Å². The molecule has 0 spiro atoms. The average molecular weight is 423 g/mol. The molecule has 0 bridgehead atoms. The number of carbonyl (C=O) groups is 2. The minimum Gasteiger partial charge on any atom is -0.352 e. The monoisotopic (exact) mass is 422 g/mol. The predicted molar refractivity (Wildman–Crippen MR) is 106 cm³/mol. The van der Waals surface area contributed by atoms with Crippen LogP contribution in [0.3, 0.4) is 0 Å². The zero-order chi connectivity index (χ0) is 18.7. The number of hydrogen-bond acceptors (Lipinski definition) is 4. The Morgan fingerprint density at radius 2 is 1.92 bits per heavy atom. The zero-order valence-corrected chi connectivity index (χ0v) is 17.0. The molecule has 26 heavy (non-hydrogen) atoms. The van der Waals surface area contributed by atoms with E-state index >= 15 is 0 Å². The van der Waals surface area contributed by atoms with E-state index in [0.29, 0.717) is 12.6 Å². The van der Waals surface area contributed by atoms with Crippen LogP contribution >= 0.6 is 15.9 Å². The van der Waals surface area contributed by atoms with Crippen molar-refractivity contribution >= 4 is 33.4 Å². The van der Waals surface area contributed by atoms with Gasteiger partial charge in [-0.25, -0.2) is 0 Å². The van der Waals surface area contributed by atoms with Gasteiger partial charge in [-0.05, 0) is 60.3 Å². The summed E-state index contributed by atoms with van der Waals surface area (Å²) in [6, 6.07) is 6.10. The molecule has 1 saturated heterocycles. The summed E-state index contributed by atoms with van der Waals surface area (Å²) >= 11 is 3.50. The van der Waals surface area contributed by atoms with Crippen LogP contribution in [0.2, 0.25) is 0 Å². The molecule has 7 heteroatoms. The number of amides is 2. The topological polar surface area (TPSA) is 64.7 Å². The summed E-state index contributed by atoms with van der Waals surface area (Å²) in [4.78, 5) is 28.8. The largest absolute Gasteiger partial charge is 0.352 e. The maximum Gasteiger partial charge on any atom is 0.241 e. The minimum absolute atomic E-state index is 0.00511. The Morgan fingerprint density at radius 1 is 1.23 bits per heavy atom. The molecule has 1 aromatic carbocycles. The van der Waals surface area contributed by atoms with Gasteiger partial charge in [0.15, 0.2) is 0 Å². The summed E-state index contributed by atoms with van der Waals surface area (Å²) in [7, 11) is 0. The second kappa shape index (κ2) is 8.50. The van der Waals surface area contributed by atoms with Crippen molar-refractivity contribution in [2.45, 2.75) is 38.8 Å². The number of aryl methyl sites for hydroxylation is 1. The number of rotatable bonds is 6. The summed E-state index contributed by atoms with van der Waals surface area (Å²) in [6.07, 6.45) is 2.23. The third kappa shape index (κ3) is 5.28. The van der Waals surface area contributed by atoms with E-state index in [1.165, 1.54) is 0 Å². The van der Waals surface area contributed by atoms with Gasteiger partial charge in [-0.1, -0.05) is 6.07 Å². The van der Waals surface area contributed by atoms with Gasteiger partial charge in [0.1, 0.15) is 0 Å². The van der Waals surface area contributed by atoms with Crippen LogP contribution < -0.4 is 10.6 Å². The first-order valence-corrected chi connectivity index (χ1v) is 10.0.